The Morgan fingerprint density at radius 2 is 1.92 bits per heavy atom. The topological polar surface area (TPSA) is 51.2 Å². The summed E-state index contributed by atoms with van der Waals surface area (Å²) in [7, 11) is 0. The molecule has 0 aliphatic carbocycles. The summed E-state index contributed by atoms with van der Waals surface area (Å²) >= 11 is 1.33. The molecule has 0 atom stereocenters. The van der Waals surface area contributed by atoms with Gasteiger partial charge in [0.25, 0.3) is 5.91 Å². The van der Waals surface area contributed by atoms with Gasteiger partial charge in [-0.1, -0.05) is 13.8 Å². The molecule has 1 aromatic carbocycles. The Morgan fingerprint density at radius 1 is 1.29 bits per heavy atom. The van der Waals surface area contributed by atoms with E-state index in [0.717, 1.165) is 23.6 Å². The normalized spacial score (nSPS) is 11.6. The van der Waals surface area contributed by atoms with Crippen molar-refractivity contribution >= 4 is 22.9 Å². The summed E-state index contributed by atoms with van der Waals surface area (Å²) in [6, 6.07) is 4.99. The molecule has 0 radical (unpaired) electrons. The number of ether oxygens (including phenoxy) is 1. The van der Waals surface area contributed by atoms with E-state index in [1.165, 1.54) is 23.5 Å². The van der Waals surface area contributed by atoms with E-state index in [9.17, 15) is 18.0 Å². The molecule has 2 rings (SSSR count). The molecule has 0 saturated heterocycles. The third-order valence-electron chi connectivity index (χ3n) is 2.98. The van der Waals surface area contributed by atoms with Crippen molar-refractivity contribution in [2.45, 2.75) is 33.6 Å². The molecule has 0 fully saturated rings. The van der Waals surface area contributed by atoms with Gasteiger partial charge in [-0.25, -0.2) is 4.98 Å². The Hall–Kier alpha value is -2.09. The first-order valence-corrected chi connectivity index (χ1v) is 8.09. The Labute approximate surface area is 141 Å². The highest BCUT2D eigenvalue weighted by atomic mass is 32.1. The van der Waals surface area contributed by atoms with Crippen molar-refractivity contribution in [1.82, 2.24) is 4.98 Å². The zero-order valence-electron chi connectivity index (χ0n) is 13.4. The van der Waals surface area contributed by atoms with Crippen LogP contribution in [-0.2, 0) is 6.42 Å². The molecule has 24 heavy (non-hydrogen) atoms. The summed E-state index contributed by atoms with van der Waals surface area (Å²) in [6.07, 6.45) is -3.94. The van der Waals surface area contributed by atoms with Crippen LogP contribution in [0.1, 0.15) is 34.2 Å². The molecule has 1 N–H and O–H groups in total. The van der Waals surface area contributed by atoms with Crippen LogP contribution in [0.15, 0.2) is 24.3 Å². The fourth-order valence-corrected chi connectivity index (χ4v) is 3.20. The Bertz CT molecular complexity index is 709. The van der Waals surface area contributed by atoms with E-state index in [2.05, 4.69) is 28.9 Å². The van der Waals surface area contributed by atoms with E-state index in [1.54, 1.807) is 6.92 Å². The molecule has 8 heteroatoms. The van der Waals surface area contributed by atoms with Crippen LogP contribution in [0.3, 0.4) is 0 Å². The van der Waals surface area contributed by atoms with Gasteiger partial charge < -0.3 is 10.1 Å². The summed E-state index contributed by atoms with van der Waals surface area (Å²) in [5, 5.41) is 3.54. The van der Waals surface area contributed by atoms with Gasteiger partial charge in [-0.05, 0) is 37.1 Å². The van der Waals surface area contributed by atoms with Crippen molar-refractivity contribution in [2.24, 2.45) is 5.92 Å². The molecule has 0 aliphatic heterocycles. The van der Waals surface area contributed by atoms with Crippen LogP contribution in [0.2, 0.25) is 0 Å². The highest BCUT2D eigenvalue weighted by Crippen LogP contribution is 2.25. The number of nitrogens with zero attached hydrogens (tertiary/aromatic N) is 1. The van der Waals surface area contributed by atoms with Crippen molar-refractivity contribution in [3.63, 3.8) is 0 Å². The van der Waals surface area contributed by atoms with Gasteiger partial charge in [0.1, 0.15) is 10.6 Å². The van der Waals surface area contributed by atoms with E-state index >= 15 is 0 Å². The Kier molecular flexibility index (Phi) is 5.48. The van der Waals surface area contributed by atoms with Crippen LogP contribution in [-0.4, -0.2) is 17.3 Å². The summed E-state index contributed by atoms with van der Waals surface area (Å²) in [6.45, 7) is 5.90. The lowest BCUT2D eigenvalue weighted by Crippen LogP contribution is -2.17. The van der Waals surface area contributed by atoms with Crippen LogP contribution in [0.5, 0.6) is 5.75 Å². The van der Waals surface area contributed by atoms with Gasteiger partial charge in [0.15, 0.2) is 0 Å². The second-order valence-electron chi connectivity index (χ2n) is 5.65. The number of carbonyl (C=O) groups is 1. The van der Waals surface area contributed by atoms with Crippen molar-refractivity contribution in [1.29, 1.82) is 0 Å². The summed E-state index contributed by atoms with van der Waals surface area (Å²) < 4.78 is 40.1. The third kappa shape index (κ3) is 5.23. The van der Waals surface area contributed by atoms with Gasteiger partial charge in [-0.2, -0.15) is 0 Å². The number of thiazole rings is 1. The molecule has 0 aliphatic rings. The highest BCUT2D eigenvalue weighted by Gasteiger charge is 2.31. The molecule has 1 heterocycles. The van der Waals surface area contributed by atoms with Crippen LogP contribution >= 0.6 is 11.3 Å². The quantitative estimate of drug-likeness (QED) is 0.835. The minimum Gasteiger partial charge on any atom is -0.406 e. The second kappa shape index (κ2) is 7.21. The number of carbonyl (C=O) groups excluding carboxylic acids is 1. The Morgan fingerprint density at radius 3 is 2.46 bits per heavy atom. The van der Waals surface area contributed by atoms with Crippen LogP contribution in [0, 0.1) is 12.8 Å². The molecule has 1 aromatic heterocycles. The maximum atomic E-state index is 12.3. The number of benzene rings is 1. The molecule has 0 bridgehead atoms. The van der Waals surface area contributed by atoms with Crippen LogP contribution < -0.4 is 10.1 Å². The lowest BCUT2D eigenvalue weighted by molar-refractivity contribution is -0.274. The maximum absolute atomic E-state index is 12.3. The molecular weight excluding hydrogens is 341 g/mol. The minimum atomic E-state index is -4.74. The van der Waals surface area contributed by atoms with E-state index in [1.807, 2.05) is 0 Å². The number of anilines is 1. The maximum Gasteiger partial charge on any atom is 0.573 e. The molecule has 0 spiro atoms. The number of halogens is 3. The second-order valence-corrected chi connectivity index (χ2v) is 6.73. The predicted molar refractivity (Wildman–Crippen MR) is 86.5 cm³/mol. The molecule has 2 aromatic rings. The molecular formula is C16H17F3N2O2S. The average Bonchev–Trinajstić information content (AvgIpc) is 2.79. The summed E-state index contributed by atoms with van der Waals surface area (Å²) in [5.74, 6) is -0.231. The van der Waals surface area contributed by atoms with E-state index in [0.29, 0.717) is 22.2 Å². The van der Waals surface area contributed by atoms with Gasteiger partial charge in [0, 0.05) is 12.1 Å². The molecule has 0 saturated carbocycles. The van der Waals surface area contributed by atoms with E-state index < -0.39 is 6.36 Å². The summed E-state index contributed by atoms with van der Waals surface area (Å²) in [5.41, 5.74) is 1.03. The number of rotatable bonds is 5. The zero-order chi connectivity index (χ0) is 17.9. The lowest BCUT2D eigenvalue weighted by atomic mass is 10.1. The van der Waals surface area contributed by atoms with Crippen molar-refractivity contribution in [3.05, 3.63) is 39.8 Å². The van der Waals surface area contributed by atoms with Crippen molar-refractivity contribution < 1.29 is 22.7 Å². The average molecular weight is 358 g/mol. The lowest BCUT2D eigenvalue weighted by Gasteiger charge is -2.09. The van der Waals surface area contributed by atoms with Crippen molar-refractivity contribution in [3.8, 4) is 5.75 Å². The predicted octanol–water partition coefficient (Wildman–Crippen LogP) is 4.80. The van der Waals surface area contributed by atoms with E-state index in [-0.39, 0.29) is 11.7 Å². The highest BCUT2D eigenvalue weighted by molar-refractivity contribution is 7.13. The molecule has 130 valence electrons. The minimum absolute atomic E-state index is 0.329. The number of hydrogen-bond donors (Lipinski definition) is 1. The summed E-state index contributed by atoms with van der Waals surface area (Å²) in [4.78, 5) is 17.2. The number of amides is 1. The van der Waals surface area contributed by atoms with Gasteiger partial charge in [0.2, 0.25) is 0 Å². The van der Waals surface area contributed by atoms with Gasteiger partial charge >= 0.3 is 6.36 Å². The van der Waals surface area contributed by atoms with Crippen LogP contribution in [0.4, 0.5) is 18.9 Å². The molecule has 0 unspecified atom stereocenters. The fraction of sp³-hybridized carbons (Fsp3) is 0.375. The molecule has 1 amide bonds. The largest absolute Gasteiger partial charge is 0.573 e. The van der Waals surface area contributed by atoms with Crippen molar-refractivity contribution in [2.75, 3.05) is 5.32 Å². The smallest absolute Gasteiger partial charge is 0.406 e. The monoisotopic (exact) mass is 358 g/mol. The number of aryl methyl sites for hydroxylation is 1. The number of nitrogens with one attached hydrogen (secondary N) is 1. The SMILES string of the molecule is Cc1nc(CC(C)C)sc1C(=O)Nc1ccc(OC(F)(F)F)cc1. The number of alkyl halides is 3. The van der Waals surface area contributed by atoms with Gasteiger partial charge in [0.05, 0.1) is 10.7 Å². The standard InChI is InChI=1S/C16H17F3N2O2S/c1-9(2)8-13-20-10(3)14(24-13)15(22)21-11-4-6-12(7-5-11)23-16(17,18)19/h4-7,9H,8H2,1-3H3,(H,21,22). The van der Waals surface area contributed by atoms with Crippen LogP contribution in [0.25, 0.3) is 0 Å². The first kappa shape index (κ1) is 18.3. The number of aromatic nitrogens is 1. The van der Waals surface area contributed by atoms with Gasteiger partial charge in [-0.3, -0.25) is 4.79 Å². The van der Waals surface area contributed by atoms with E-state index in [4.69, 9.17) is 0 Å². The number of hydrogen-bond acceptors (Lipinski definition) is 4. The Balaban J connectivity index is 2.05. The first-order chi connectivity index (χ1) is 11.1. The first-order valence-electron chi connectivity index (χ1n) is 7.27. The van der Waals surface area contributed by atoms with Gasteiger partial charge in [-0.15, -0.1) is 24.5 Å². The molecule has 4 nitrogen and oxygen atoms in total. The third-order valence-corrected chi connectivity index (χ3v) is 4.15. The fourth-order valence-electron chi connectivity index (χ4n) is 2.03. The zero-order valence-corrected chi connectivity index (χ0v) is 14.2.